The maximum Gasteiger partial charge on any atom is 0.254 e. The Balaban J connectivity index is 1.71. The maximum atomic E-state index is 13.5. The van der Waals surface area contributed by atoms with Crippen LogP contribution in [-0.4, -0.2) is 36.5 Å². The molecule has 3 aliphatic rings. The fraction of sp³-hybridized carbons (Fsp3) is 0.500. The summed E-state index contributed by atoms with van der Waals surface area (Å²) in [5.74, 6) is -1.44. The summed E-state index contributed by atoms with van der Waals surface area (Å²) < 4.78 is 26.3. The second-order valence-corrected chi connectivity index (χ2v) is 5.34. The molecule has 3 heterocycles. The van der Waals surface area contributed by atoms with Crippen molar-refractivity contribution in [3.63, 3.8) is 0 Å². The van der Waals surface area contributed by atoms with Crippen LogP contribution in [0.15, 0.2) is 18.2 Å². The average molecular weight is 266 g/mol. The first-order valence-electron chi connectivity index (χ1n) is 6.62. The molecule has 19 heavy (non-hydrogen) atoms. The number of carbonyl (C=O) groups excluding carboxylic acids is 1. The monoisotopic (exact) mass is 266 g/mol. The van der Waals surface area contributed by atoms with Crippen molar-refractivity contribution in [2.45, 2.75) is 18.9 Å². The van der Waals surface area contributed by atoms with Crippen molar-refractivity contribution in [2.75, 3.05) is 19.6 Å². The van der Waals surface area contributed by atoms with Crippen molar-refractivity contribution in [1.29, 1.82) is 0 Å². The van der Waals surface area contributed by atoms with Crippen LogP contribution in [0.5, 0.6) is 0 Å². The van der Waals surface area contributed by atoms with E-state index < -0.39 is 17.5 Å². The number of benzene rings is 1. The lowest BCUT2D eigenvalue weighted by Gasteiger charge is -2.44. The zero-order valence-corrected chi connectivity index (χ0v) is 10.5. The number of nitrogens with zero attached hydrogens (tertiary/aromatic N) is 1. The molecule has 0 saturated carbocycles. The number of nitrogens with one attached hydrogen (secondary N) is 1. The second kappa shape index (κ2) is 4.89. The minimum Gasteiger partial charge on any atom is -0.348 e. The van der Waals surface area contributed by atoms with Gasteiger partial charge in [0.25, 0.3) is 5.91 Å². The molecule has 1 aromatic carbocycles. The number of carbonyl (C=O) groups is 1. The molecule has 4 rings (SSSR count). The van der Waals surface area contributed by atoms with Gasteiger partial charge < -0.3 is 10.2 Å². The first kappa shape index (κ1) is 12.5. The predicted octanol–water partition coefficient (Wildman–Crippen LogP) is 1.79. The summed E-state index contributed by atoms with van der Waals surface area (Å²) in [4.78, 5) is 14.3. The quantitative estimate of drug-likeness (QED) is 0.885. The molecular weight excluding hydrogens is 250 g/mol. The minimum atomic E-state index is -0.807. The average Bonchev–Trinajstić information content (AvgIpc) is 2.39. The van der Waals surface area contributed by atoms with Gasteiger partial charge in [-0.1, -0.05) is 0 Å². The Hall–Kier alpha value is -1.49. The Morgan fingerprint density at radius 2 is 2.00 bits per heavy atom. The highest BCUT2D eigenvalue weighted by Crippen LogP contribution is 2.27. The summed E-state index contributed by atoms with van der Waals surface area (Å²) >= 11 is 0. The van der Waals surface area contributed by atoms with Gasteiger partial charge in [0, 0.05) is 18.7 Å². The highest BCUT2D eigenvalue weighted by atomic mass is 19.1. The van der Waals surface area contributed by atoms with E-state index >= 15 is 0 Å². The number of rotatable bonds is 2. The van der Waals surface area contributed by atoms with Crippen LogP contribution < -0.4 is 5.32 Å². The number of halogens is 2. The molecule has 1 amide bonds. The van der Waals surface area contributed by atoms with Gasteiger partial charge in [0.05, 0.1) is 5.56 Å². The third kappa shape index (κ3) is 2.47. The minimum absolute atomic E-state index is 0.0828. The molecular formula is C14H16F2N2O. The second-order valence-electron chi connectivity index (χ2n) is 5.34. The van der Waals surface area contributed by atoms with Crippen LogP contribution in [0.3, 0.4) is 0 Å². The number of amides is 1. The van der Waals surface area contributed by atoms with Gasteiger partial charge >= 0.3 is 0 Å². The smallest absolute Gasteiger partial charge is 0.254 e. The van der Waals surface area contributed by atoms with Gasteiger partial charge in [-0.2, -0.15) is 0 Å². The van der Waals surface area contributed by atoms with E-state index in [2.05, 4.69) is 10.2 Å². The molecule has 0 spiro atoms. The lowest BCUT2D eigenvalue weighted by atomic mass is 9.84. The topological polar surface area (TPSA) is 32.3 Å². The van der Waals surface area contributed by atoms with Crippen molar-refractivity contribution in [3.8, 4) is 0 Å². The van der Waals surface area contributed by atoms with Gasteiger partial charge in [0.2, 0.25) is 0 Å². The van der Waals surface area contributed by atoms with E-state index in [0.717, 1.165) is 44.6 Å². The Labute approximate surface area is 110 Å². The van der Waals surface area contributed by atoms with E-state index in [1.165, 1.54) is 6.07 Å². The van der Waals surface area contributed by atoms with E-state index in [4.69, 9.17) is 0 Å². The van der Waals surface area contributed by atoms with E-state index in [0.29, 0.717) is 5.92 Å². The van der Waals surface area contributed by atoms with Crippen LogP contribution in [-0.2, 0) is 0 Å². The number of hydrogen-bond donors (Lipinski definition) is 1. The Kier molecular flexibility index (Phi) is 3.22. The third-order valence-corrected chi connectivity index (χ3v) is 4.15. The number of hydrogen-bond acceptors (Lipinski definition) is 2. The van der Waals surface area contributed by atoms with E-state index in [-0.39, 0.29) is 11.6 Å². The molecule has 3 nitrogen and oxygen atoms in total. The summed E-state index contributed by atoms with van der Waals surface area (Å²) in [6, 6.07) is 3.13. The molecule has 102 valence electrons. The van der Waals surface area contributed by atoms with Gasteiger partial charge in [0.1, 0.15) is 11.6 Å². The van der Waals surface area contributed by atoms with Gasteiger partial charge in [-0.3, -0.25) is 4.79 Å². The Morgan fingerprint density at radius 3 is 2.58 bits per heavy atom. The number of fused-ring (bicyclic) bond motifs is 3. The molecule has 0 aromatic heterocycles. The maximum absolute atomic E-state index is 13.5. The third-order valence-electron chi connectivity index (χ3n) is 4.15. The van der Waals surface area contributed by atoms with Gasteiger partial charge in [-0.25, -0.2) is 8.78 Å². The van der Waals surface area contributed by atoms with Crippen molar-refractivity contribution >= 4 is 5.91 Å². The SMILES string of the molecule is O=C(NC1CN2CCC1CC2)c1ccc(F)cc1F. The summed E-state index contributed by atoms with van der Waals surface area (Å²) in [6.07, 6.45) is 2.16. The van der Waals surface area contributed by atoms with E-state index in [1.807, 2.05) is 0 Å². The standard InChI is InChI=1S/C14H16F2N2O/c15-10-1-2-11(12(16)7-10)14(19)17-13-8-18-5-3-9(13)4-6-18/h1-2,7,9,13H,3-6,8H2,(H,17,19). The lowest BCUT2D eigenvalue weighted by Crippen LogP contribution is -2.57. The number of piperidine rings is 3. The van der Waals surface area contributed by atoms with Crippen LogP contribution in [0.2, 0.25) is 0 Å². The molecule has 3 aliphatic heterocycles. The molecule has 3 saturated heterocycles. The summed E-state index contributed by atoms with van der Waals surface area (Å²) in [5, 5.41) is 2.88. The summed E-state index contributed by atoms with van der Waals surface area (Å²) in [5.41, 5.74) is -0.0853. The molecule has 5 heteroatoms. The lowest BCUT2D eigenvalue weighted by molar-refractivity contribution is 0.0618. The normalized spacial score (nSPS) is 29.3. The van der Waals surface area contributed by atoms with Gasteiger partial charge in [-0.05, 0) is 44.0 Å². The molecule has 2 bridgehead atoms. The molecule has 1 unspecified atom stereocenters. The van der Waals surface area contributed by atoms with Crippen LogP contribution in [0, 0.1) is 17.6 Å². The van der Waals surface area contributed by atoms with Crippen LogP contribution in [0.4, 0.5) is 8.78 Å². The summed E-state index contributed by atoms with van der Waals surface area (Å²) in [7, 11) is 0. The van der Waals surface area contributed by atoms with Gasteiger partial charge in [0.15, 0.2) is 0 Å². The molecule has 1 N–H and O–H groups in total. The molecule has 1 atom stereocenters. The van der Waals surface area contributed by atoms with E-state index in [1.54, 1.807) is 0 Å². The van der Waals surface area contributed by atoms with Gasteiger partial charge in [-0.15, -0.1) is 0 Å². The fourth-order valence-corrected chi connectivity index (χ4v) is 3.05. The fourth-order valence-electron chi connectivity index (χ4n) is 3.05. The van der Waals surface area contributed by atoms with Crippen molar-refractivity contribution in [2.24, 2.45) is 5.92 Å². The van der Waals surface area contributed by atoms with Crippen LogP contribution >= 0.6 is 0 Å². The molecule has 0 aliphatic carbocycles. The molecule has 3 fully saturated rings. The first-order valence-corrected chi connectivity index (χ1v) is 6.62. The molecule has 0 radical (unpaired) electrons. The highest BCUT2D eigenvalue weighted by Gasteiger charge is 2.35. The zero-order valence-electron chi connectivity index (χ0n) is 10.5. The highest BCUT2D eigenvalue weighted by molar-refractivity contribution is 5.94. The van der Waals surface area contributed by atoms with Crippen molar-refractivity contribution in [3.05, 3.63) is 35.4 Å². The first-order chi connectivity index (χ1) is 9.13. The van der Waals surface area contributed by atoms with Crippen LogP contribution in [0.25, 0.3) is 0 Å². The van der Waals surface area contributed by atoms with Crippen LogP contribution in [0.1, 0.15) is 23.2 Å². The predicted molar refractivity (Wildman–Crippen MR) is 66.8 cm³/mol. The molecule has 1 aromatic rings. The Bertz CT molecular complexity index is 498. The summed E-state index contributed by atoms with van der Waals surface area (Å²) in [6.45, 7) is 3.00. The van der Waals surface area contributed by atoms with E-state index in [9.17, 15) is 13.6 Å². The zero-order chi connectivity index (χ0) is 13.4. The Morgan fingerprint density at radius 1 is 1.26 bits per heavy atom. The van der Waals surface area contributed by atoms with Crippen molar-refractivity contribution < 1.29 is 13.6 Å². The van der Waals surface area contributed by atoms with Crippen molar-refractivity contribution in [1.82, 2.24) is 10.2 Å². The largest absolute Gasteiger partial charge is 0.348 e.